The summed E-state index contributed by atoms with van der Waals surface area (Å²) in [5.74, 6) is 0. The van der Waals surface area contributed by atoms with E-state index in [4.69, 9.17) is 22.7 Å². The summed E-state index contributed by atoms with van der Waals surface area (Å²) in [5.41, 5.74) is 5.22. The van der Waals surface area contributed by atoms with E-state index in [2.05, 4.69) is 0 Å². The fraction of sp³-hybridized carbons (Fsp3) is 0.800. The first kappa shape index (κ1) is 7.85. The fourth-order valence-corrected chi connectivity index (χ4v) is 0.493. The van der Waals surface area contributed by atoms with Crippen LogP contribution in [-0.4, -0.2) is 18.7 Å². The summed E-state index contributed by atoms with van der Waals surface area (Å²) in [6, 6.07) is 0. The summed E-state index contributed by atoms with van der Waals surface area (Å²) < 4.78 is 4.73. The van der Waals surface area contributed by atoms with Gasteiger partial charge in [0.2, 0.25) is 0 Å². The van der Waals surface area contributed by atoms with Crippen molar-refractivity contribution in [2.45, 2.75) is 12.8 Å². The van der Waals surface area contributed by atoms with Crippen LogP contribution in [0.3, 0.4) is 0 Å². The monoisotopic (exact) mass is 133 g/mol. The van der Waals surface area contributed by atoms with Crippen molar-refractivity contribution in [3.05, 3.63) is 0 Å². The Balaban J connectivity index is 2.99. The van der Waals surface area contributed by atoms with Crippen LogP contribution in [-0.2, 0) is 4.74 Å². The Morgan fingerprint density at radius 1 is 1.75 bits per heavy atom. The van der Waals surface area contributed by atoms with Crippen molar-refractivity contribution in [1.82, 2.24) is 0 Å². The smallest absolute Gasteiger partial charge is 0.159 e. The maximum Gasteiger partial charge on any atom is 0.159 e. The molecule has 0 aromatic heterocycles. The predicted molar refractivity (Wildman–Crippen MR) is 37.9 cm³/mol. The molecule has 3 heteroatoms. The Labute approximate surface area is 55.0 Å². The molecular weight excluding hydrogens is 122 g/mol. The van der Waals surface area contributed by atoms with Crippen molar-refractivity contribution in [2.24, 2.45) is 5.73 Å². The molecule has 0 aliphatic carbocycles. The van der Waals surface area contributed by atoms with Crippen LogP contribution in [0.2, 0.25) is 0 Å². The van der Waals surface area contributed by atoms with Gasteiger partial charge in [-0.05, 0) is 25.2 Å². The molecule has 0 atom stereocenters. The van der Waals surface area contributed by atoms with Crippen molar-refractivity contribution < 1.29 is 4.74 Å². The number of rotatable bonds is 3. The standard InChI is InChI=1S/C5H11NOS/c1-7-5(8)3-2-4-6/h2-4,6H2,1H3. The first-order chi connectivity index (χ1) is 3.81. The molecule has 0 rings (SSSR count). The molecule has 0 amide bonds. The van der Waals surface area contributed by atoms with E-state index in [0.29, 0.717) is 11.6 Å². The maximum absolute atomic E-state index is 5.22. The molecule has 0 saturated heterocycles. The molecule has 0 fully saturated rings. The second-order valence-electron chi connectivity index (χ2n) is 1.47. The number of nitrogens with two attached hydrogens (primary N) is 1. The zero-order chi connectivity index (χ0) is 6.41. The SMILES string of the molecule is COC(=S)CCCN. The van der Waals surface area contributed by atoms with Crippen LogP contribution in [0.15, 0.2) is 0 Å². The molecule has 0 spiro atoms. The van der Waals surface area contributed by atoms with Crippen LogP contribution in [0.5, 0.6) is 0 Å². The van der Waals surface area contributed by atoms with Gasteiger partial charge in [-0.1, -0.05) is 0 Å². The highest BCUT2D eigenvalue weighted by atomic mass is 32.1. The molecule has 8 heavy (non-hydrogen) atoms. The lowest BCUT2D eigenvalue weighted by atomic mass is 10.3. The number of hydrogen-bond donors (Lipinski definition) is 1. The van der Waals surface area contributed by atoms with Crippen LogP contribution < -0.4 is 5.73 Å². The lowest BCUT2D eigenvalue weighted by Gasteiger charge is -1.97. The molecule has 2 nitrogen and oxygen atoms in total. The molecule has 0 radical (unpaired) electrons. The van der Waals surface area contributed by atoms with E-state index in [1.165, 1.54) is 0 Å². The van der Waals surface area contributed by atoms with Crippen LogP contribution in [0, 0.1) is 0 Å². The normalized spacial score (nSPS) is 8.75. The molecule has 0 aliphatic heterocycles. The summed E-state index contributed by atoms with van der Waals surface area (Å²) in [5, 5.41) is 0.649. The van der Waals surface area contributed by atoms with Gasteiger partial charge in [0.25, 0.3) is 0 Å². The van der Waals surface area contributed by atoms with Crippen LogP contribution >= 0.6 is 12.2 Å². The van der Waals surface area contributed by atoms with Gasteiger partial charge in [0, 0.05) is 6.42 Å². The number of thiocarbonyl (C=S) groups is 1. The van der Waals surface area contributed by atoms with Gasteiger partial charge in [0.05, 0.1) is 7.11 Å². The Bertz CT molecular complexity index is 74.8. The predicted octanol–water partition coefficient (Wildman–Crippen LogP) is 0.699. The van der Waals surface area contributed by atoms with Gasteiger partial charge in [-0.3, -0.25) is 0 Å². The van der Waals surface area contributed by atoms with Gasteiger partial charge in [0.15, 0.2) is 5.05 Å². The first-order valence-electron chi connectivity index (χ1n) is 2.58. The van der Waals surface area contributed by atoms with Gasteiger partial charge < -0.3 is 10.5 Å². The minimum absolute atomic E-state index is 0.649. The van der Waals surface area contributed by atoms with E-state index in [1.54, 1.807) is 7.11 Å². The lowest BCUT2D eigenvalue weighted by Crippen LogP contribution is -2.03. The Morgan fingerprint density at radius 3 is 2.75 bits per heavy atom. The molecule has 0 bridgehead atoms. The molecule has 0 saturated carbocycles. The van der Waals surface area contributed by atoms with E-state index in [-0.39, 0.29) is 0 Å². The average Bonchev–Trinajstić information content (AvgIpc) is 1.83. The van der Waals surface area contributed by atoms with E-state index in [0.717, 1.165) is 12.8 Å². The molecule has 2 N–H and O–H groups in total. The summed E-state index contributed by atoms with van der Waals surface area (Å²) in [6.45, 7) is 0.684. The van der Waals surface area contributed by atoms with Crippen molar-refractivity contribution >= 4 is 17.3 Å². The van der Waals surface area contributed by atoms with Crippen molar-refractivity contribution in [3.8, 4) is 0 Å². The quantitative estimate of drug-likeness (QED) is 0.575. The number of ether oxygens (including phenoxy) is 1. The molecule has 0 heterocycles. The number of methoxy groups -OCH3 is 1. The largest absolute Gasteiger partial charge is 0.490 e. The average molecular weight is 133 g/mol. The number of hydrogen-bond acceptors (Lipinski definition) is 3. The molecule has 0 aromatic carbocycles. The third-order valence-electron chi connectivity index (χ3n) is 0.813. The van der Waals surface area contributed by atoms with Gasteiger partial charge in [-0.2, -0.15) is 0 Å². The van der Waals surface area contributed by atoms with Crippen LogP contribution in [0.1, 0.15) is 12.8 Å². The lowest BCUT2D eigenvalue weighted by molar-refractivity contribution is 0.401. The molecular formula is C5H11NOS. The van der Waals surface area contributed by atoms with Crippen LogP contribution in [0.4, 0.5) is 0 Å². The Hall–Kier alpha value is -0.150. The summed E-state index contributed by atoms with van der Waals surface area (Å²) in [4.78, 5) is 0. The Kier molecular flexibility index (Phi) is 4.90. The summed E-state index contributed by atoms with van der Waals surface area (Å²) in [7, 11) is 1.58. The van der Waals surface area contributed by atoms with Crippen molar-refractivity contribution in [3.63, 3.8) is 0 Å². The minimum atomic E-state index is 0.649. The third kappa shape index (κ3) is 4.02. The van der Waals surface area contributed by atoms with Crippen molar-refractivity contribution in [1.29, 1.82) is 0 Å². The maximum atomic E-state index is 5.22. The summed E-state index contributed by atoms with van der Waals surface area (Å²) >= 11 is 4.74. The molecule has 0 unspecified atom stereocenters. The highest BCUT2D eigenvalue weighted by molar-refractivity contribution is 7.80. The highest BCUT2D eigenvalue weighted by Gasteiger charge is 1.90. The zero-order valence-corrected chi connectivity index (χ0v) is 5.83. The van der Waals surface area contributed by atoms with Gasteiger partial charge in [-0.15, -0.1) is 0 Å². The third-order valence-corrected chi connectivity index (χ3v) is 1.18. The molecule has 48 valence electrons. The molecule has 0 aromatic rings. The molecule has 0 aliphatic rings. The summed E-state index contributed by atoms with van der Waals surface area (Å²) in [6.07, 6.45) is 1.73. The zero-order valence-electron chi connectivity index (χ0n) is 5.02. The Morgan fingerprint density at radius 2 is 2.38 bits per heavy atom. The van der Waals surface area contributed by atoms with Crippen molar-refractivity contribution in [2.75, 3.05) is 13.7 Å². The van der Waals surface area contributed by atoms with Gasteiger partial charge in [-0.25, -0.2) is 0 Å². The highest BCUT2D eigenvalue weighted by Crippen LogP contribution is 1.90. The fourth-order valence-electron chi connectivity index (χ4n) is 0.348. The minimum Gasteiger partial charge on any atom is -0.490 e. The van der Waals surface area contributed by atoms with E-state index < -0.39 is 0 Å². The first-order valence-corrected chi connectivity index (χ1v) is 2.99. The van der Waals surface area contributed by atoms with Crippen LogP contribution in [0.25, 0.3) is 0 Å². The topological polar surface area (TPSA) is 35.2 Å². The van der Waals surface area contributed by atoms with E-state index >= 15 is 0 Å². The second kappa shape index (κ2) is 5.00. The van der Waals surface area contributed by atoms with E-state index in [9.17, 15) is 0 Å². The van der Waals surface area contributed by atoms with E-state index in [1.807, 2.05) is 0 Å². The van der Waals surface area contributed by atoms with Gasteiger partial charge >= 0.3 is 0 Å². The van der Waals surface area contributed by atoms with Gasteiger partial charge in [0.1, 0.15) is 0 Å². The second-order valence-corrected chi connectivity index (χ2v) is 1.92.